The Bertz CT molecular complexity index is 232. The van der Waals surface area contributed by atoms with Crippen LogP contribution in [0.5, 0.6) is 0 Å². The first-order chi connectivity index (χ1) is 6.96. The number of rotatable bonds is 4. The van der Waals surface area contributed by atoms with Crippen molar-refractivity contribution in [3.63, 3.8) is 0 Å². The van der Waals surface area contributed by atoms with Crippen molar-refractivity contribution in [3.05, 3.63) is 0 Å². The number of carbonyl (C=O) groups excluding carboxylic acids is 1. The van der Waals surface area contributed by atoms with Crippen molar-refractivity contribution in [2.45, 2.75) is 37.8 Å². The minimum absolute atomic E-state index is 0.273. The fourth-order valence-electron chi connectivity index (χ4n) is 1.49. The van der Waals surface area contributed by atoms with Crippen molar-refractivity contribution in [1.82, 2.24) is 5.32 Å². The number of carbonyl (C=O) groups is 1. The molecule has 1 saturated heterocycles. The second-order valence-corrected chi connectivity index (χ2v) is 4.51. The molecule has 5 heteroatoms. The number of hydrogen-bond donors (Lipinski definition) is 3. The second-order valence-electron chi connectivity index (χ2n) is 4.51. The van der Waals surface area contributed by atoms with E-state index < -0.39 is 11.1 Å². The van der Waals surface area contributed by atoms with Gasteiger partial charge in [0.2, 0.25) is 0 Å². The highest BCUT2D eigenvalue weighted by molar-refractivity contribution is 5.85. The van der Waals surface area contributed by atoms with E-state index in [0.717, 1.165) is 6.42 Å². The van der Waals surface area contributed by atoms with Gasteiger partial charge in [-0.25, -0.2) is 0 Å². The number of nitrogens with one attached hydrogen (secondary N) is 1. The maximum atomic E-state index is 11.8. The molecule has 3 N–H and O–H groups in total. The van der Waals surface area contributed by atoms with Gasteiger partial charge < -0.3 is 20.3 Å². The molecule has 1 aliphatic heterocycles. The van der Waals surface area contributed by atoms with E-state index in [1.807, 2.05) is 0 Å². The number of hydrogen-bond acceptors (Lipinski definition) is 4. The summed E-state index contributed by atoms with van der Waals surface area (Å²) in [5, 5.41) is 20.7. The standard InChI is InChI=1S/C10H19NO4/c1-9(6-12,7-13)11-8(14)10(2)4-3-5-15-10/h12-13H,3-7H2,1-2H3,(H,11,14). The zero-order valence-electron chi connectivity index (χ0n) is 9.25. The molecule has 5 nitrogen and oxygen atoms in total. The summed E-state index contributed by atoms with van der Waals surface area (Å²) < 4.78 is 5.36. The molecule has 1 fully saturated rings. The fraction of sp³-hybridized carbons (Fsp3) is 0.900. The Morgan fingerprint density at radius 3 is 2.53 bits per heavy atom. The Kier molecular flexibility index (Phi) is 3.70. The Balaban J connectivity index is 2.61. The first-order valence-corrected chi connectivity index (χ1v) is 5.14. The summed E-state index contributed by atoms with van der Waals surface area (Å²) in [6, 6.07) is 0. The van der Waals surface area contributed by atoms with Gasteiger partial charge in [0.05, 0.1) is 18.8 Å². The predicted octanol–water partition coefficient (Wildman–Crippen LogP) is -0.585. The third kappa shape index (κ3) is 2.68. The van der Waals surface area contributed by atoms with Gasteiger partial charge >= 0.3 is 0 Å². The molecule has 0 aromatic heterocycles. The largest absolute Gasteiger partial charge is 0.394 e. The molecular formula is C10H19NO4. The van der Waals surface area contributed by atoms with Crippen molar-refractivity contribution in [2.75, 3.05) is 19.8 Å². The fourth-order valence-corrected chi connectivity index (χ4v) is 1.49. The zero-order chi connectivity index (χ0) is 11.5. The monoisotopic (exact) mass is 217 g/mol. The van der Waals surface area contributed by atoms with Gasteiger partial charge in [-0.15, -0.1) is 0 Å². The maximum Gasteiger partial charge on any atom is 0.252 e. The molecular weight excluding hydrogens is 198 g/mol. The van der Waals surface area contributed by atoms with Gasteiger partial charge in [-0.2, -0.15) is 0 Å². The Morgan fingerprint density at radius 1 is 1.53 bits per heavy atom. The van der Waals surface area contributed by atoms with Crippen molar-refractivity contribution >= 4 is 5.91 Å². The Labute approximate surface area is 89.4 Å². The predicted molar refractivity (Wildman–Crippen MR) is 54.3 cm³/mol. The van der Waals surface area contributed by atoms with Crippen LogP contribution in [0.1, 0.15) is 26.7 Å². The van der Waals surface area contributed by atoms with Crippen LogP contribution in [0.3, 0.4) is 0 Å². The van der Waals surface area contributed by atoms with Gasteiger partial charge in [-0.1, -0.05) is 0 Å². The summed E-state index contributed by atoms with van der Waals surface area (Å²) in [7, 11) is 0. The van der Waals surface area contributed by atoms with Crippen LogP contribution in [0.15, 0.2) is 0 Å². The third-order valence-corrected chi connectivity index (χ3v) is 2.81. The first kappa shape index (κ1) is 12.4. The van der Waals surface area contributed by atoms with E-state index in [0.29, 0.717) is 13.0 Å². The van der Waals surface area contributed by atoms with Crippen LogP contribution in [0, 0.1) is 0 Å². The summed E-state index contributed by atoms with van der Waals surface area (Å²) in [4.78, 5) is 11.8. The average Bonchev–Trinajstić information content (AvgIpc) is 2.66. The van der Waals surface area contributed by atoms with Gasteiger partial charge in [0, 0.05) is 6.61 Å². The van der Waals surface area contributed by atoms with Crippen LogP contribution in [-0.2, 0) is 9.53 Å². The molecule has 0 aromatic carbocycles. The molecule has 1 rings (SSSR count). The highest BCUT2D eigenvalue weighted by atomic mass is 16.5. The van der Waals surface area contributed by atoms with E-state index in [-0.39, 0.29) is 19.1 Å². The Hall–Kier alpha value is -0.650. The summed E-state index contributed by atoms with van der Waals surface area (Å²) in [6.07, 6.45) is 1.53. The van der Waals surface area contributed by atoms with Gasteiger partial charge in [-0.05, 0) is 26.7 Å². The highest BCUT2D eigenvalue weighted by Gasteiger charge is 2.40. The van der Waals surface area contributed by atoms with Crippen molar-refractivity contribution < 1.29 is 19.7 Å². The molecule has 0 bridgehead atoms. The van der Waals surface area contributed by atoms with Crippen LogP contribution in [0.4, 0.5) is 0 Å². The number of ether oxygens (including phenoxy) is 1. The molecule has 88 valence electrons. The molecule has 0 aliphatic carbocycles. The molecule has 0 aromatic rings. The minimum Gasteiger partial charge on any atom is -0.394 e. The van der Waals surface area contributed by atoms with Crippen LogP contribution < -0.4 is 5.32 Å². The minimum atomic E-state index is -0.980. The lowest BCUT2D eigenvalue weighted by atomic mass is 9.98. The normalized spacial score (nSPS) is 26.7. The third-order valence-electron chi connectivity index (χ3n) is 2.81. The summed E-state index contributed by atoms with van der Waals surface area (Å²) >= 11 is 0. The van der Waals surface area contributed by atoms with Crippen molar-refractivity contribution in [2.24, 2.45) is 0 Å². The number of aliphatic hydroxyl groups is 2. The lowest BCUT2D eigenvalue weighted by Crippen LogP contribution is -2.57. The molecule has 1 atom stereocenters. The molecule has 15 heavy (non-hydrogen) atoms. The second kappa shape index (κ2) is 4.47. The molecule has 1 heterocycles. The topological polar surface area (TPSA) is 78.8 Å². The maximum absolute atomic E-state index is 11.8. The zero-order valence-corrected chi connectivity index (χ0v) is 9.25. The lowest BCUT2D eigenvalue weighted by molar-refractivity contribution is -0.142. The van der Waals surface area contributed by atoms with E-state index in [2.05, 4.69) is 5.32 Å². The number of aliphatic hydroxyl groups excluding tert-OH is 2. The van der Waals surface area contributed by atoms with Crippen molar-refractivity contribution in [3.8, 4) is 0 Å². The van der Waals surface area contributed by atoms with Gasteiger partial charge in [-0.3, -0.25) is 4.79 Å². The van der Waals surface area contributed by atoms with Crippen LogP contribution >= 0.6 is 0 Å². The first-order valence-electron chi connectivity index (χ1n) is 5.14. The molecule has 1 amide bonds. The lowest BCUT2D eigenvalue weighted by Gasteiger charge is -2.31. The summed E-state index contributed by atoms with van der Waals surface area (Å²) in [5.41, 5.74) is -1.79. The average molecular weight is 217 g/mol. The van der Waals surface area contributed by atoms with E-state index >= 15 is 0 Å². The molecule has 0 spiro atoms. The highest BCUT2D eigenvalue weighted by Crippen LogP contribution is 2.25. The van der Waals surface area contributed by atoms with E-state index in [4.69, 9.17) is 14.9 Å². The Morgan fingerprint density at radius 2 is 2.13 bits per heavy atom. The number of amides is 1. The van der Waals surface area contributed by atoms with E-state index in [1.165, 1.54) is 0 Å². The van der Waals surface area contributed by atoms with Crippen LogP contribution in [-0.4, -0.2) is 47.1 Å². The van der Waals surface area contributed by atoms with Crippen LogP contribution in [0.25, 0.3) is 0 Å². The molecule has 1 aliphatic rings. The van der Waals surface area contributed by atoms with Crippen LogP contribution in [0.2, 0.25) is 0 Å². The smallest absolute Gasteiger partial charge is 0.252 e. The van der Waals surface area contributed by atoms with Gasteiger partial charge in [0.1, 0.15) is 5.60 Å². The summed E-state index contributed by atoms with van der Waals surface area (Å²) in [6.45, 7) is 3.29. The quantitative estimate of drug-likeness (QED) is 0.588. The van der Waals surface area contributed by atoms with Gasteiger partial charge in [0.25, 0.3) is 5.91 Å². The SMILES string of the molecule is CC(CO)(CO)NC(=O)C1(C)CCCO1. The molecule has 0 saturated carbocycles. The molecule has 0 radical (unpaired) electrons. The summed E-state index contributed by atoms with van der Waals surface area (Å²) in [5.74, 6) is -0.273. The molecule has 1 unspecified atom stereocenters. The van der Waals surface area contributed by atoms with E-state index in [9.17, 15) is 4.79 Å². The van der Waals surface area contributed by atoms with E-state index in [1.54, 1.807) is 13.8 Å². The van der Waals surface area contributed by atoms with Gasteiger partial charge in [0.15, 0.2) is 0 Å². The van der Waals surface area contributed by atoms with Crippen molar-refractivity contribution in [1.29, 1.82) is 0 Å².